The fourth-order valence-electron chi connectivity index (χ4n) is 3.27. The molecule has 0 amide bonds. The topological polar surface area (TPSA) is 29.9 Å². The van der Waals surface area contributed by atoms with Crippen molar-refractivity contribution < 1.29 is 13.2 Å². The zero-order valence-electron chi connectivity index (χ0n) is 12.1. The molecule has 0 aliphatic carbocycles. The van der Waals surface area contributed by atoms with Gasteiger partial charge in [0.15, 0.2) is 6.04 Å². The van der Waals surface area contributed by atoms with Gasteiger partial charge in [-0.1, -0.05) is 42.5 Å². The van der Waals surface area contributed by atoms with Gasteiger partial charge in [0.2, 0.25) is 0 Å². The van der Waals surface area contributed by atoms with E-state index in [4.69, 9.17) is 0 Å². The lowest BCUT2D eigenvalue weighted by atomic mass is 9.93. The van der Waals surface area contributed by atoms with E-state index in [0.717, 1.165) is 21.0 Å². The zero-order valence-corrected chi connectivity index (χ0v) is 12.1. The molecular weight excluding hydrogens is 303 g/mol. The molecule has 1 aromatic heterocycles. The van der Waals surface area contributed by atoms with Crippen LogP contribution < -0.4 is 5.32 Å². The van der Waals surface area contributed by atoms with E-state index < -0.39 is 18.3 Å². The zero-order chi connectivity index (χ0) is 16.0. The van der Waals surface area contributed by atoms with Gasteiger partial charge < -0.3 is 5.32 Å². The maximum absolute atomic E-state index is 13.4. The number of nitrogens with zero attached hydrogens (tertiary/aromatic N) is 2. The molecule has 1 N–H and O–H groups in total. The van der Waals surface area contributed by atoms with Gasteiger partial charge >= 0.3 is 6.18 Å². The lowest BCUT2D eigenvalue weighted by Crippen LogP contribution is -2.35. The molecule has 2 atom stereocenters. The quantitative estimate of drug-likeness (QED) is 0.705. The predicted octanol–water partition coefficient (Wildman–Crippen LogP) is 4.70. The van der Waals surface area contributed by atoms with Crippen LogP contribution in [-0.2, 0) is 0 Å². The summed E-state index contributed by atoms with van der Waals surface area (Å²) < 4.78 is 41.3. The number of nitrogens with one attached hydrogen (secondary N) is 1. The van der Waals surface area contributed by atoms with Gasteiger partial charge in [0.25, 0.3) is 0 Å². The third-order valence-electron chi connectivity index (χ3n) is 4.32. The Labute approximate surface area is 130 Å². The smallest absolute Gasteiger partial charge is 0.363 e. The van der Waals surface area contributed by atoms with Crippen LogP contribution in [0.4, 0.5) is 19.0 Å². The number of rotatable bonds is 1. The van der Waals surface area contributed by atoms with Gasteiger partial charge in [0.1, 0.15) is 5.82 Å². The number of benzene rings is 2. The molecule has 23 heavy (non-hydrogen) atoms. The van der Waals surface area contributed by atoms with E-state index in [0.29, 0.717) is 5.82 Å². The Morgan fingerprint density at radius 2 is 1.83 bits per heavy atom. The van der Waals surface area contributed by atoms with Crippen LogP contribution in [0.5, 0.6) is 0 Å². The van der Waals surface area contributed by atoms with Crippen LogP contribution >= 0.6 is 0 Å². The highest BCUT2D eigenvalue weighted by molar-refractivity contribution is 5.86. The van der Waals surface area contributed by atoms with Crippen molar-refractivity contribution in [2.45, 2.75) is 24.7 Å². The fourth-order valence-corrected chi connectivity index (χ4v) is 3.27. The molecule has 2 aromatic carbocycles. The first-order valence-corrected chi connectivity index (χ1v) is 7.38. The molecule has 0 fully saturated rings. The minimum absolute atomic E-state index is 0.0772. The molecule has 0 saturated heterocycles. The highest BCUT2D eigenvalue weighted by Crippen LogP contribution is 2.44. The molecule has 2 heterocycles. The molecule has 3 nitrogen and oxygen atoms in total. The summed E-state index contributed by atoms with van der Waals surface area (Å²) in [5.41, 5.74) is 0.879. The third-order valence-corrected chi connectivity index (χ3v) is 4.32. The predicted molar refractivity (Wildman–Crippen MR) is 82.2 cm³/mol. The van der Waals surface area contributed by atoms with E-state index >= 15 is 0 Å². The highest BCUT2D eigenvalue weighted by Gasteiger charge is 2.46. The second-order valence-electron chi connectivity index (χ2n) is 5.72. The van der Waals surface area contributed by atoms with Gasteiger partial charge in [-0.05, 0) is 16.3 Å². The van der Waals surface area contributed by atoms with Crippen molar-refractivity contribution in [2.75, 3.05) is 5.32 Å². The van der Waals surface area contributed by atoms with Crippen molar-refractivity contribution in [1.29, 1.82) is 0 Å². The van der Waals surface area contributed by atoms with Crippen molar-refractivity contribution in [3.05, 3.63) is 60.3 Å². The summed E-state index contributed by atoms with van der Waals surface area (Å²) in [4.78, 5) is 0. The van der Waals surface area contributed by atoms with E-state index in [2.05, 4.69) is 10.4 Å². The van der Waals surface area contributed by atoms with Crippen molar-refractivity contribution in [3.8, 4) is 0 Å². The standard InChI is InChI=1S/C17H14F3N3/c18-17(19,20)15-10-14(22-16-8-9-21-23(15)16)13-7-3-5-11-4-1-2-6-12(11)13/h1-9,14-15,22H,10H2/t14-,15+/m1/s1. The van der Waals surface area contributed by atoms with Crippen LogP contribution in [0.15, 0.2) is 54.7 Å². The normalized spacial score (nSPS) is 21.0. The monoisotopic (exact) mass is 317 g/mol. The summed E-state index contributed by atoms with van der Waals surface area (Å²) in [6.45, 7) is 0. The Morgan fingerprint density at radius 3 is 2.65 bits per heavy atom. The van der Waals surface area contributed by atoms with Crippen molar-refractivity contribution in [2.24, 2.45) is 0 Å². The molecule has 118 valence electrons. The lowest BCUT2D eigenvalue weighted by molar-refractivity contribution is -0.173. The van der Waals surface area contributed by atoms with Crippen LogP contribution in [0, 0.1) is 0 Å². The molecule has 4 rings (SSSR count). The molecular formula is C17H14F3N3. The first-order chi connectivity index (χ1) is 11.0. The molecule has 0 spiro atoms. The first kappa shape index (κ1) is 14.1. The Hall–Kier alpha value is -2.50. The Morgan fingerprint density at radius 1 is 1.04 bits per heavy atom. The molecule has 0 unspecified atom stereocenters. The Balaban J connectivity index is 1.81. The summed E-state index contributed by atoms with van der Waals surface area (Å²) in [6, 6.07) is 13.0. The summed E-state index contributed by atoms with van der Waals surface area (Å²) in [7, 11) is 0. The summed E-state index contributed by atoms with van der Waals surface area (Å²) in [6.07, 6.45) is -3.01. The molecule has 0 saturated carbocycles. The number of anilines is 1. The number of hydrogen-bond acceptors (Lipinski definition) is 2. The second kappa shape index (κ2) is 5.01. The van der Waals surface area contributed by atoms with Gasteiger partial charge in [-0.2, -0.15) is 18.3 Å². The maximum atomic E-state index is 13.4. The molecule has 3 aromatic rings. The summed E-state index contributed by atoms with van der Waals surface area (Å²) in [5, 5.41) is 9.01. The van der Waals surface area contributed by atoms with Gasteiger partial charge in [-0.25, -0.2) is 4.68 Å². The highest BCUT2D eigenvalue weighted by atomic mass is 19.4. The summed E-state index contributed by atoms with van der Waals surface area (Å²) in [5.74, 6) is 0.400. The molecule has 0 radical (unpaired) electrons. The van der Waals surface area contributed by atoms with Crippen LogP contribution in [0.1, 0.15) is 24.1 Å². The SMILES string of the molecule is FC(F)(F)[C@@H]1C[C@H](c2cccc3ccccc23)Nc2ccnn21. The van der Waals surface area contributed by atoms with Crippen molar-refractivity contribution in [1.82, 2.24) is 9.78 Å². The minimum Gasteiger partial charge on any atom is -0.363 e. The molecule has 0 bridgehead atoms. The van der Waals surface area contributed by atoms with E-state index in [-0.39, 0.29) is 6.42 Å². The number of hydrogen-bond donors (Lipinski definition) is 1. The molecule has 1 aliphatic heterocycles. The first-order valence-electron chi connectivity index (χ1n) is 7.38. The summed E-state index contributed by atoms with van der Waals surface area (Å²) >= 11 is 0. The van der Waals surface area contributed by atoms with Gasteiger partial charge in [-0.3, -0.25) is 0 Å². The number of alkyl halides is 3. The molecule has 1 aliphatic rings. The van der Waals surface area contributed by atoms with Crippen molar-refractivity contribution >= 4 is 16.6 Å². The van der Waals surface area contributed by atoms with Gasteiger partial charge in [-0.15, -0.1) is 0 Å². The van der Waals surface area contributed by atoms with E-state index in [1.54, 1.807) is 6.07 Å². The third kappa shape index (κ3) is 2.34. The van der Waals surface area contributed by atoms with E-state index in [9.17, 15) is 13.2 Å². The second-order valence-corrected chi connectivity index (χ2v) is 5.72. The minimum atomic E-state index is -4.33. The number of halogens is 3. The number of aromatic nitrogens is 2. The van der Waals surface area contributed by atoms with E-state index in [1.807, 2.05) is 42.5 Å². The van der Waals surface area contributed by atoms with Crippen LogP contribution in [0.25, 0.3) is 10.8 Å². The Bertz CT molecular complexity index is 848. The van der Waals surface area contributed by atoms with Crippen LogP contribution in [0.3, 0.4) is 0 Å². The van der Waals surface area contributed by atoms with Gasteiger partial charge in [0.05, 0.1) is 12.2 Å². The van der Waals surface area contributed by atoms with Crippen LogP contribution in [-0.4, -0.2) is 16.0 Å². The van der Waals surface area contributed by atoms with Crippen molar-refractivity contribution in [3.63, 3.8) is 0 Å². The largest absolute Gasteiger partial charge is 0.410 e. The van der Waals surface area contributed by atoms with E-state index in [1.165, 1.54) is 6.20 Å². The molecule has 6 heteroatoms. The van der Waals surface area contributed by atoms with Gasteiger partial charge in [0, 0.05) is 12.5 Å². The number of fused-ring (bicyclic) bond motifs is 2. The fraction of sp³-hybridized carbons (Fsp3) is 0.235. The Kier molecular flexibility index (Phi) is 3.07. The maximum Gasteiger partial charge on any atom is 0.410 e. The lowest BCUT2D eigenvalue weighted by Gasteiger charge is -2.34. The average molecular weight is 317 g/mol. The average Bonchev–Trinajstić information content (AvgIpc) is 3.00. The van der Waals surface area contributed by atoms with Crippen LogP contribution in [0.2, 0.25) is 0 Å².